The zero-order valence-electron chi connectivity index (χ0n) is 15.7. The van der Waals surface area contributed by atoms with Crippen molar-refractivity contribution in [3.8, 4) is 0 Å². The van der Waals surface area contributed by atoms with Gasteiger partial charge in [-0.2, -0.15) is 0 Å². The molecule has 2 unspecified atom stereocenters. The number of rotatable bonds is 6. The van der Waals surface area contributed by atoms with Crippen LogP contribution >= 0.6 is 0 Å². The molecule has 2 atom stereocenters. The quantitative estimate of drug-likeness (QED) is 0.626. The molecule has 1 aliphatic heterocycles. The molecular weight excluding hydrogens is 356 g/mol. The Hall–Kier alpha value is -3.45. The van der Waals surface area contributed by atoms with E-state index in [1.165, 1.54) is 6.08 Å². The van der Waals surface area contributed by atoms with Gasteiger partial charge in [0.1, 0.15) is 0 Å². The summed E-state index contributed by atoms with van der Waals surface area (Å²) in [5, 5.41) is 14.4. The maximum Gasteiger partial charge on any atom is 0.255 e. The molecule has 0 spiro atoms. The van der Waals surface area contributed by atoms with Crippen molar-refractivity contribution in [2.24, 2.45) is 4.99 Å². The molecule has 1 amide bonds. The zero-order valence-corrected chi connectivity index (χ0v) is 15.7. The number of carboxylic acids is 1. The lowest BCUT2D eigenvalue weighted by atomic mass is 10.1. The van der Waals surface area contributed by atoms with Crippen molar-refractivity contribution in [1.82, 2.24) is 5.43 Å². The number of amidine groups is 1. The van der Waals surface area contributed by atoms with E-state index in [1.54, 1.807) is 36.4 Å². The third kappa shape index (κ3) is 4.63. The highest BCUT2D eigenvalue weighted by Gasteiger charge is 2.25. The Kier molecular flexibility index (Phi) is 5.86. The third-order valence-electron chi connectivity index (χ3n) is 4.49. The van der Waals surface area contributed by atoms with Gasteiger partial charge in [0.25, 0.3) is 5.91 Å². The summed E-state index contributed by atoms with van der Waals surface area (Å²) in [7, 11) is 2.03. The van der Waals surface area contributed by atoms with Crippen LogP contribution in [-0.4, -0.2) is 30.9 Å². The van der Waals surface area contributed by atoms with Gasteiger partial charge in [-0.25, -0.2) is 15.4 Å². The fourth-order valence-electron chi connectivity index (χ4n) is 2.92. The molecule has 0 saturated carbocycles. The fraction of sp³-hybridized carbons (Fsp3) is 0.190. The topological polar surface area (TPSA) is 98.1 Å². The van der Waals surface area contributed by atoms with Crippen molar-refractivity contribution in [2.75, 3.05) is 12.4 Å². The Balaban J connectivity index is 1.64. The van der Waals surface area contributed by atoms with E-state index >= 15 is 0 Å². The minimum atomic E-state index is -1.25. The standard InChI is InChI=1S/C21H22N4O3/c1-3-18-23-20(24-25(18)2)15-7-9-16(10-8-15)21(28)22-17-11-4-14(5-12-17)6-13-19(26)27/h4-13,18H,3H2,1-2H3,(H,22,28)(H,23,24)(H,26,27)/b13-6+. The number of aliphatic carboxylic acids is 1. The molecule has 0 fully saturated rings. The molecule has 0 saturated heterocycles. The van der Waals surface area contributed by atoms with E-state index in [4.69, 9.17) is 0 Å². The minimum absolute atomic E-state index is 0.197. The fourth-order valence-corrected chi connectivity index (χ4v) is 2.92. The highest BCUT2D eigenvalue weighted by Crippen LogP contribution is 2.13. The van der Waals surface area contributed by atoms with Gasteiger partial charge in [-0.15, -0.1) is 0 Å². The lowest BCUT2D eigenvalue weighted by molar-refractivity contribution is -0.933. The Morgan fingerprint density at radius 2 is 1.86 bits per heavy atom. The van der Waals surface area contributed by atoms with E-state index in [2.05, 4.69) is 22.7 Å². The van der Waals surface area contributed by atoms with Crippen LogP contribution in [0.15, 0.2) is 59.6 Å². The average Bonchev–Trinajstić information content (AvgIpc) is 3.08. The maximum atomic E-state index is 12.4. The number of anilines is 1. The van der Waals surface area contributed by atoms with Crippen LogP contribution < -0.4 is 20.9 Å². The van der Waals surface area contributed by atoms with Gasteiger partial charge in [0, 0.05) is 23.2 Å². The van der Waals surface area contributed by atoms with E-state index in [1.807, 2.05) is 19.2 Å². The average molecular weight is 378 g/mol. The molecule has 1 heterocycles. The number of carboxylic acid groups (broad SMARTS) is 1. The van der Waals surface area contributed by atoms with Crippen molar-refractivity contribution >= 4 is 29.5 Å². The Labute approximate surface area is 163 Å². The van der Waals surface area contributed by atoms with Crippen LogP contribution in [0.5, 0.6) is 0 Å². The second kappa shape index (κ2) is 8.49. The van der Waals surface area contributed by atoms with Gasteiger partial charge in [0.2, 0.25) is 6.17 Å². The van der Waals surface area contributed by atoms with Crippen molar-refractivity contribution in [2.45, 2.75) is 19.5 Å². The van der Waals surface area contributed by atoms with Crippen LogP contribution in [0.3, 0.4) is 0 Å². The normalized spacial score (nSPS) is 18.6. The number of aliphatic imine (C=N–C) groups is 1. The van der Waals surface area contributed by atoms with E-state index in [-0.39, 0.29) is 12.1 Å². The number of benzene rings is 2. The summed E-state index contributed by atoms with van der Waals surface area (Å²) < 4.78 is 0. The number of quaternary nitrogens is 1. The molecule has 7 nitrogen and oxygen atoms in total. The summed E-state index contributed by atoms with van der Waals surface area (Å²) in [5.74, 6) is -0.644. The SMILES string of the molecule is CCC1N=C(c2ccc(C(=O)Nc3ccc(/C=C/C(=O)[O-])cc3)cc2)N[NH+]1C. The number of carbonyl (C=O) groups is 2. The molecule has 3 N–H and O–H groups in total. The molecule has 0 aromatic heterocycles. The van der Waals surface area contributed by atoms with Crippen LogP contribution in [0.25, 0.3) is 6.08 Å². The highest BCUT2D eigenvalue weighted by atomic mass is 16.4. The van der Waals surface area contributed by atoms with Gasteiger partial charge in [-0.3, -0.25) is 4.79 Å². The van der Waals surface area contributed by atoms with Crippen LogP contribution in [0.1, 0.15) is 34.8 Å². The molecule has 2 aromatic carbocycles. The summed E-state index contributed by atoms with van der Waals surface area (Å²) in [6.45, 7) is 2.10. The molecule has 0 bridgehead atoms. The Bertz CT molecular complexity index is 918. The molecule has 3 rings (SSSR count). The van der Waals surface area contributed by atoms with Crippen LogP contribution in [-0.2, 0) is 4.79 Å². The monoisotopic (exact) mass is 378 g/mol. The van der Waals surface area contributed by atoms with Gasteiger partial charge in [-0.1, -0.05) is 37.3 Å². The molecule has 1 aliphatic rings. The first kappa shape index (κ1) is 19.3. The Morgan fingerprint density at radius 3 is 2.43 bits per heavy atom. The van der Waals surface area contributed by atoms with Gasteiger partial charge < -0.3 is 15.2 Å². The number of nitrogens with zero attached hydrogens (tertiary/aromatic N) is 1. The maximum absolute atomic E-state index is 12.4. The minimum Gasteiger partial charge on any atom is -0.545 e. The van der Waals surface area contributed by atoms with E-state index in [0.29, 0.717) is 16.8 Å². The van der Waals surface area contributed by atoms with Gasteiger partial charge in [-0.05, 0) is 35.9 Å². The predicted octanol–water partition coefficient (Wildman–Crippen LogP) is 0.218. The number of carbonyl (C=O) groups excluding carboxylic acids is 2. The van der Waals surface area contributed by atoms with E-state index in [9.17, 15) is 14.7 Å². The van der Waals surface area contributed by atoms with Gasteiger partial charge in [0.15, 0.2) is 5.84 Å². The molecule has 7 heteroatoms. The number of nitrogens with one attached hydrogen (secondary N) is 3. The summed E-state index contributed by atoms with van der Waals surface area (Å²) in [6, 6.07) is 14.1. The molecule has 0 aliphatic carbocycles. The number of hydrogen-bond donors (Lipinski definition) is 3. The first-order valence-corrected chi connectivity index (χ1v) is 9.05. The van der Waals surface area contributed by atoms with Crippen molar-refractivity contribution in [3.63, 3.8) is 0 Å². The van der Waals surface area contributed by atoms with Gasteiger partial charge >= 0.3 is 0 Å². The summed E-state index contributed by atoms with van der Waals surface area (Å²) >= 11 is 0. The van der Waals surface area contributed by atoms with Crippen LogP contribution in [0.4, 0.5) is 5.69 Å². The van der Waals surface area contributed by atoms with Crippen molar-refractivity contribution < 1.29 is 19.7 Å². The molecule has 2 aromatic rings. The summed E-state index contributed by atoms with van der Waals surface area (Å²) in [4.78, 5) is 27.5. The lowest BCUT2D eigenvalue weighted by Crippen LogP contribution is -3.17. The van der Waals surface area contributed by atoms with Crippen molar-refractivity contribution in [3.05, 3.63) is 71.3 Å². The lowest BCUT2D eigenvalue weighted by Gasteiger charge is -2.12. The van der Waals surface area contributed by atoms with Crippen LogP contribution in [0.2, 0.25) is 0 Å². The molecule has 0 radical (unpaired) electrons. The summed E-state index contributed by atoms with van der Waals surface area (Å²) in [6.07, 6.45) is 3.54. The highest BCUT2D eigenvalue weighted by molar-refractivity contribution is 6.05. The third-order valence-corrected chi connectivity index (χ3v) is 4.49. The largest absolute Gasteiger partial charge is 0.545 e. The van der Waals surface area contributed by atoms with E-state index in [0.717, 1.165) is 28.9 Å². The number of amides is 1. The Morgan fingerprint density at radius 1 is 1.18 bits per heavy atom. The first-order chi connectivity index (χ1) is 13.5. The number of hydrogen-bond acceptors (Lipinski definition) is 5. The van der Waals surface area contributed by atoms with Crippen molar-refractivity contribution in [1.29, 1.82) is 0 Å². The summed E-state index contributed by atoms with van der Waals surface area (Å²) in [5.41, 5.74) is 6.11. The second-order valence-electron chi connectivity index (χ2n) is 6.52. The molecule has 144 valence electrons. The van der Waals surface area contributed by atoms with E-state index < -0.39 is 5.97 Å². The second-order valence-corrected chi connectivity index (χ2v) is 6.52. The molecular formula is C21H22N4O3. The van der Waals surface area contributed by atoms with Crippen LogP contribution in [0, 0.1) is 0 Å². The first-order valence-electron chi connectivity index (χ1n) is 9.05. The predicted molar refractivity (Wildman–Crippen MR) is 106 cm³/mol. The van der Waals surface area contributed by atoms with Gasteiger partial charge in [0.05, 0.1) is 13.0 Å². The molecule has 28 heavy (non-hydrogen) atoms. The zero-order chi connectivity index (χ0) is 20.1. The smallest absolute Gasteiger partial charge is 0.255 e.